The summed E-state index contributed by atoms with van der Waals surface area (Å²) in [5.41, 5.74) is 0.917. The van der Waals surface area contributed by atoms with E-state index in [-0.39, 0.29) is 30.2 Å². The van der Waals surface area contributed by atoms with Crippen LogP contribution in [0.2, 0.25) is 0 Å². The van der Waals surface area contributed by atoms with E-state index in [1.54, 1.807) is 0 Å². The molecule has 7 nitrogen and oxygen atoms in total. The van der Waals surface area contributed by atoms with E-state index in [0.717, 1.165) is 41.7 Å². The number of anilines is 1. The zero-order valence-corrected chi connectivity index (χ0v) is 32.9. The second kappa shape index (κ2) is 22.6. The Bertz CT molecular complexity index is 1770. The maximum Gasteiger partial charge on any atom is 0.253 e. The lowest BCUT2D eigenvalue weighted by molar-refractivity contribution is -0.137. The van der Waals surface area contributed by atoms with Crippen LogP contribution in [0.4, 0.5) is 5.69 Å². The molecule has 4 aromatic rings. The molecule has 0 bridgehead atoms. The van der Waals surface area contributed by atoms with Crippen molar-refractivity contribution in [3.63, 3.8) is 0 Å². The molecule has 0 spiro atoms. The lowest BCUT2D eigenvalue weighted by atomic mass is 9.93. The van der Waals surface area contributed by atoms with Crippen LogP contribution in [0.5, 0.6) is 0 Å². The molecule has 284 valence electrons. The molecule has 0 saturated carbocycles. The molecule has 0 fully saturated rings. The normalized spacial score (nSPS) is 12.9. The Morgan fingerprint density at radius 2 is 1.00 bits per heavy atom. The molecule has 1 aliphatic rings. The summed E-state index contributed by atoms with van der Waals surface area (Å²) >= 11 is 0. The zero-order chi connectivity index (χ0) is 37.1. The van der Waals surface area contributed by atoms with Gasteiger partial charge in [-0.2, -0.15) is 0 Å². The lowest BCUT2D eigenvalue weighted by Gasteiger charge is -2.14. The summed E-state index contributed by atoms with van der Waals surface area (Å²) in [4.78, 5) is 48.9. The van der Waals surface area contributed by atoms with Crippen LogP contribution in [0.15, 0.2) is 66.7 Å². The molecular weight excluding hydrogens is 699 g/mol. The summed E-state index contributed by atoms with van der Waals surface area (Å²) in [6.07, 6.45) is 22.9. The quantitative estimate of drug-likeness (QED) is 0.0272. The van der Waals surface area contributed by atoms with Crippen LogP contribution in [0.25, 0.3) is 32.3 Å². The lowest BCUT2D eigenvalue weighted by Crippen LogP contribution is -2.38. The van der Waals surface area contributed by atoms with E-state index in [1.165, 1.54) is 128 Å². The first kappa shape index (κ1) is 40.6. The molecule has 2 N–H and O–H groups in total. The molecule has 53 heavy (non-hydrogen) atoms. The van der Waals surface area contributed by atoms with E-state index in [9.17, 15) is 19.2 Å². The van der Waals surface area contributed by atoms with Crippen LogP contribution in [0, 0.1) is 0 Å². The van der Waals surface area contributed by atoms with Gasteiger partial charge in [0.1, 0.15) is 0 Å². The molecule has 1 aliphatic heterocycles. The molecular formula is C44H57N3O4S2. The van der Waals surface area contributed by atoms with Gasteiger partial charge in [0.2, 0.25) is 11.8 Å². The van der Waals surface area contributed by atoms with E-state index in [1.807, 2.05) is 21.6 Å². The van der Waals surface area contributed by atoms with Gasteiger partial charge >= 0.3 is 0 Å². The fraction of sp³-hybridized carbons (Fsp3) is 0.500. The Morgan fingerprint density at radius 1 is 0.528 bits per heavy atom. The van der Waals surface area contributed by atoms with Crippen molar-refractivity contribution >= 4 is 83.2 Å². The monoisotopic (exact) mass is 755 g/mol. The first-order chi connectivity index (χ1) is 26.0. The highest BCUT2D eigenvalue weighted by atomic mass is 33.1. The molecule has 0 unspecified atom stereocenters. The molecule has 0 aliphatic carbocycles. The zero-order valence-electron chi connectivity index (χ0n) is 31.3. The smallest absolute Gasteiger partial charge is 0.253 e. The second-order valence-electron chi connectivity index (χ2n) is 14.3. The average Bonchev–Trinajstić information content (AvgIpc) is 3.49. The third kappa shape index (κ3) is 13.1. The number of hydrogen-bond donors (Lipinski definition) is 2. The van der Waals surface area contributed by atoms with Crippen LogP contribution in [-0.2, 0) is 19.2 Å². The second-order valence-corrected chi connectivity index (χ2v) is 17.0. The van der Waals surface area contributed by atoms with E-state index in [4.69, 9.17) is 0 Å². The number of nitrogens with one attached hydrogen (secondary N) is 2. The Hall–Kier alpha value is -3.56. The molecule has 0 atom stereocenters. The average molecular weight is 756 g/mol. The van der Waals surface area contributed by atoms with Gasteiger partial charge in [-0.25, -0.2) is 0 Å². The SMILES string of the molecule is O=C(CCCCCCCCCCSSCCCCCCCCCCC(=O)Nc1ccc2ccc3cccc4ccc1c2c34)NCCN1C(=O)C=CC1=O. The standard InChI is InChI=1S/C44H57N3O4S2/c48-39(45-30-31-47-41(50)28-29-42(47)51)20-13-9-5-1-3-7-11-15-32-52-53-33-16-12-8-4-2-6-10-14-21-40(49)46-38-27-25-36-23-22-34-18-17-19-35-24-26-37(38)44(36)43(34)35/h17-19,22-29H,1-16,20-21,30-33H2,(H,45,48)(H,46,49). The van der Waals surface area contributed by atoms with Crippen molar-refractivity contribution in [1.29, 1.82) is 0 Å². The number of carbonyl (C=O) groups is 4. The summed E-state index contributed by atoms with van der Waals surface area (Å²) in [7, 11) is 4.07. The van der Waals surface area contributed by atoms with E-state index >= 15 is 0 Å². The van der Waals surface area contributed by atoms with Crippen LogP contribution in [-0.4, -0.2) is 53.1 Å². The van der Waals surface area contributed by atoms with Crippen molar-refractivity contribution < 1.29 is 19.2 Å². The molecule has 4 amide bonds. The van der Waals surface area contributed by atoms with Gasteiger partial charge < -0.3 is 10.6 Å². The third-order valence-electron chi connectivity index (χ3n) is 10.2. The van der Waals surface area contributed by atoms with Crippen molar-refractivity contribution in [2.45, 2.75) is 116 Å². The summed E-state index contributed by atoms with van der Waals surface area (Å²) in [5.74, 6) is 1.98. The summed E-state index contributed by atoms with van der Waals surface area (Å²) in [5, 5.41) is 13.4. The molecule has 4 aromatic carbocycles. The maximum atomic E-state index is 12.8. The number of amides is 4. The molecule has 0 saturated heterocycles. The molecule has 1 heterocycles. The Kier molecular flexibility index (Phi) is 17.3. The number of unbranched alkanes of at least 4 members (excludes halogenated alkanes) is 14. The Balaban J connectivity index is 0.755. The number of carbonyl (C=O) groups excluding carboxylic acids is 4. The summed E-state index contributed by atoms with van der Waals surface area (Å²) in [6.45, 7) is 0.543. The van der Waals surface area contributed by atoms with Gasteiger partial charge in [0.15, 0.2) is 0 Å². The highest BCUT2D eigenvalue weighted by Crippen LogP contribution is 2.37. The topological polar surface area (TPSA) is 95.6 Å². The van der Waals surface area contributed by atoms with Crippen molar-refractivity contribution in [1.82, 2.24) is 10.2 Å². The van der Waals surface area contributed by atoms with Gasteiger partial charge in [-0.3, -0.25) is 24.1 Å². The van der Waals surface area contributed by atoms with Gasteiger partial charge in [0, 0.05) is 60.7 Å². The van der Waals surface area contributed by atoms with Gasteiger partial charge in [0.05, 0.1) is 0 Å². The number of imide groups is 1. The number of benzene rings is 4. The van der Waals surface area contributed by atoms with Crippen molar-refractivity contribution in [2.24, 2.45) is 0 Å². The highest BCUT2D eigenvalue weighted by Gasteiger charge is 2.22. The summed E-state index contributed by atoms with van der Waals surface area (Å²) in [6, 6.07) is 19.3. The predicted octanol–water partition coefficient (Wildman–Crippen LogP) is 11.0. The van der Waals surface area contributed by atoms with Crippen LogP contribution in [0.3, 0.4) is 0 Å². The first-order valence-corrected chi connectivity index (χ1v) is 22.5. The molecule has 0 aromatic heterocycles. The number of hydrogen-bond acceptors (Lipinski definition) is 6. The molecule has 0 radical (unpaired) electrons. The fourth-order valence-corrected chi connectivity index (χ4v) is 9.53. The van der Waals surface area contributed by atoms with Crippen LogP contribution >= 0.6 is 21.6 Å². The minimum atomic E-state index is -0.309. The van der Waals surface area contributed by atoms with Crippen LogP contribution < -0.4 is 10.6 Å². The number of rotatable bonds is 27. The molecule has 5 rings (SSSR count). The number of nitrogens with zero attached hydrogens (tertiary/aromatic N) is 1. The Labute approximate surface area is 323 Å². The van der Waals surface area contributed by atoms with E-state index in [2.05, 4.69) is 65.2 Å². The van der Waals surface area contributed by atoms with Crippen molar-refractivity contribution in [3.05, 3.63) is 66.7 Å². The van der Waals surface area contributed by atoms with Gasteiger partial charge in [-0.15, -0.1) is 0 Å². The highest BCUT2D eigenvalue weighted by molar-refractivity contribution is 8.76. The van der Waals surface area contributed by atoms with E-state index < -0.39 is 0 Å². The first-order valence-electron chi connectivity index (χ1n) is 20.0. The van der Waals surface area contributed by atoms with E-state index in [0.29, 0.717) is 19.4 Å². The fourth-order valence-electron chi connectivity index (χ4n) is 7.24. The van der Waals surface area contributed by atoms with Crippen LogP contribution in [0.1, 0.15) is 116 Å². The predicted molar refractivity (Wildman–Crippen MR) is 226 cm³/mol. The minimum absolute atomic E-state index is 0.00789. The van der Waals surface area contributed by atoms with Gasteiger partial charge in [-0.05, 0) is 58.7 Å². The third-order valence-corrected chi connectivity index (χ3v) is 12.8. The molecule has 9 heteroatoms. The summed E-state index contributed by atoms with van der Waals surface area (Å²) < 4.78 is 0. The largest absolute Gasteiger partial charge is 0.354 e. The minimum Gasteiger partial charge on any atom is -0.354 e. The van der Waals surface area contributed by atoms with Crippen molar-refractivity contribution in [2.75, 3.05) is 29.9 Å². The maximum absolute atomic E-state index is 12.8. The Morgan fingerprint density at radius 3 is 1.58 bits per heavy atom. The van der Waals surface area contributed by atoms with Gasteiger partial charge in [-0.1, -0.05) is 147 Å². The van der Waals surface area contributed by atoms with Gasteiger partial charge in [0.25, 0.3) is 11.8 Å². The van der Waals surface area contributed by atoms with Crippen molar-refractivity contribution in [3.8, 4) is 0 Å².